The van der Waals surface area contributed by atoms with Crippen LogP contribution < -0.4 is 5.32 Å². The quantitative estimate of drug-likeness (QED) is 0.400. The number of aromatic nitrogens is 3. The molecule has 0 atom stereocenters. The molecule has 0 unspecified atom stereocenters. The van der Waals surface area contributed by atoms with Crippen molar-refractivity contribution in [3.8, 4) is 11.3 Å². The van der Waals surface area contributed by atoms with Gasteiger partial charge in [0.05, 0.1) is 11.3 Å². The Kier molecular flexibility index (Phi) is 4.84. The maximum atomic E-state index is 12.1. The van der Waals surface area contributed by atoms with Crippen LogP contribution in [0, 0.1) is 10.1 Å². The summed E-state index contributed by atoms with van der Waals surface area (Å²) in [5.74, 6) is 0.0426. The number of benzene rings is 1. The number of nitrogens with one attached hydrogen (secondary N) is 1. The average Bonchev–Trinajstić information content (AvgIpc) is 3.30. The molecule has 1 amide bonds. The van der Waals surface area contributed by atoms with Crippen LogP contribution in [0.5, 0.6) is 0 Å². The molecule has 0 aliphatic heterocycles. The van der Waals surface area contributed by atoms with Crippen LogP contribution in [0.4, 0.5) is 5.69 Å². The van der Waals surface area contributed by atoms with E-state index in [0.29, 0.717) is 17.9 Å². The van der Waals surface area contributed by atoms with Gasteiger partial charge in [-0.15, -0.1) is 0 Å². The third-order valence-electron chi connectivity index (χ3n) is 3.54. The first-order valence-electron chi connectivity index (χ1n) is 7.59. The van der Waals surface area contributed by atoms with Crippen LogP contribution in [0.15, 0.2) is 53.6 Å². The molecule has 0 saturated carbocycles. The molecule has 0 aliphatic rings. The number of hydrogen-bond acceptors (Lipinski definition) is 6. The average molecular weight is 341 g/mol. The Bertz CT molecular complexity index is 855. The number of nitro groups is 1. The summed E-state index contributed by atoms with van der Waals surface area (Å²) in [7, 11) is 0. The summed E-state index contributed by atoms with van der Waals surface area (Å²) in [6, 6.07) is 7.34. The molecular weight excluding hydrogens is 326 g/mol. The Morgan fingerprint density at radius 3 is 2.80 bits per heavy atom. The van der Waals surface area contributed by atoms with Gasteiger partial charge >= 0.3 is 0 Å². The number of nitro benzene ring substituents is 1. The van der Waals surface area contributed by atoms with E-state index in [1.807, 2.05) is 10.8 Å². The van der Waals surface area contributed by atoms with E-state index in [-0.39, 0.29) is 17.3 Å². The second-order valence-electron chi connectivity index (χ2n) is 5.29. The van der Waals surface area contributed by atoms with Crippen molar-refractivity contribution in [2.75, 3.05) is 6.54 Å². The second-order valence-corrected chi connectivity index (χ2v) is 5.29. The molecule has 0 fully saturated rings. The summed E-state index contributed by atoms with van der Waals surface area (Å²) < 4.78 is 7.07. The van der Waals surface area contributed by atoms with Gasteiger partial charge in [-0.05, 0) is 18.6 Å². The molecule has 3 rings (SSSR count). The summed E-state index contributed by atoms with van der Waals surface area (Å²) in [5.41, 5.74) is 0.757. The number of aryl methyl sites for hydroxylation is 1. The van der Waals surface area contributed by atoms with E-state index < -0.39 is 4.92 Å². The van der Waals surface area contributed by atoms with E-state index in [1.54, 1.807) is 24.7 Å². The summed E-state index contributed by atoms with van der Waals surface area (Å²) in [6.07, 6.45) is 6.04. The molecule has 0 bridgehead atoms. The number of non-ortho nitro benzene ring substituents is 1. The highest BCUT2D eigenvalue weighted by atomic mass is 16.6. The monoisotopic (exact) mass is 341 g/mol. The predicted molar refractivity (Wildman–Crippen MR) is 87.8 cm³/mol. The van der Waals surface area contributed by atoms with Crippen molar-refractivity contribution < 1.29 is 14.2 Å². The molecular formula is C16H15N5O4. The smallest absolute Gasteiger partial charge is 0.273 e. The molecule has 9 nitrogen and oxygen atoms in total. The molecule has 0 radical (unpaired) electrons. The minimum absolute atomic E-state index is 0.0147. The van der Waals surface area contributed by atoms with Crippen molar-refractivity contribution in [1.29, 1.82) is 0 Å². The third kappa shape index (κ3) is 4.08. The Labute approximate surface area is 142 Å². The zero-order chi connectivity index (χ0) is 17.6. The number of carbonyl (C=O) groups is 1. The highest BCUT2D eigenvalue weighted by Crippen LogP contribution is 2.23. The fourth-order valence-electron chi connectivity index (χ4n) is 2.24. The molecule has 3 aromatic rings. The molecule has 2 aromatic heterocycles. The highest BCUT2D eigenvalue weighted by Gasteiger charge is 2.14. The lowest BCUT2D eigenvalue weighted by Gasteiger charge is -2.03. The molecule has 9 heteroatoms. The normalized spacial score (nSPS) is 10.6. The van der Waals surface area contributed by atoms with Crippen LogP contribution in [-0.2, 0) is 6.54 Å². The number of nitrogens with zero attached hydrogens (tertiary/aromatic N) is 4. The first-order chi connectivity index (χ1) is 12.1. The van der Waals surface area contributed by atoms with E-state index >= 15 is 0 Å². The predicted octanol–water partition coefficient (Wildman–Crippen LogP) is 2.27. The van der Waals surface area contributed by atoms with E-state index in [0.717, 1.165) is 13.0 Å². The van der Waals surface area contributed by atoms with Crippen LogP contribution in [0.1, 0.15) is 16.9 Å². The van der Waals surface area contributed by atoms with Gasteiger partial charge < -0.3 is 14.4 Å². The lowest BCUT2D eigenvalue weighted by Crippen LogP contribution is -2.25. The van der Waals surface area contributed by atoms with Crippen LogP contribution >= 0.6 is 0 Å². The van der Waals surface area contributed by atoms with E-state index in [9.17, 15) is 14.9 Å². The SMILES string of the molecule is O=C(NCCCn1ccnc1)c1cc(-c2ccc([N+](=O)[O-])cc2)on1. The number of imidazole rings is 1. The van der Waals surface area contributed by atoms with E-state index in [4.69, 9.17) is 4.52 Å². The van der Waals surface area contributed by atoms with Gasteiger partial charge in [-0.25, -0.2) is 4.98 Å². The Morgan fingerprint density at radius 1 is 1.32 bits per heavy atom. The maximum Gasteiger partial charge on any atom is 0.273 e. The lowest BCUT2D eigenvalue weighted by atomic mass is 10.1. The fourth-order valence-corrected chi connectivity index (χ4v) is 2.24. The Balaban J connectivity index is 1.55. The van der Waals surface area contributed by atoms with Crippen LogP contribution in [0.25, 0.3) is 11.3 Å². The zero-order valence-corrected chi connectivity index (χ0v) is 13.2. The largest absolute Gasteiger partial charge is 0.355 e. The second kappa shape index (κ2) is 7.39. The van der Waals surface area contributed by atoms with Crippen molar-refractivity contribution in [2.45, 2.75) is 13.0 Å². The van der Waals surface area contributed by atoms with Crippen molar-refractivity contribution in [1.82, 2.24) is 20.0 Å². The minimum Gasteiger partial charge on any atom is -0.355 e. The molecule has 0 saturated heterocycles. The van der Waals surface area contributed by atoms with Crippen molar-refractivity contribution in [3.05, 3.63) is 64.9 Å². The summed E-state index contributed by atoms with van der Waals surface area (Å²) in [6.45, 7) is 1.25. The van der Waals surface area contributed by atoms with Gasteiger partial charge in [0.15, 0.2) is 11.5 Å². The summed E-state index contributed by atoms with van der Waals surface area (Å²) >= 11 is 0. The topological polar surface area (TPSA) is 116 Å². The summed E-state index contributed by atoms with van der Waals surface area (Å²) in [4.78, 5) is 26.2. The van der Waals surface area contributed by atoms with Gasteiger partial charge in [0.2, 0.25) is 0 Å². The van der Waals surface area contributed by atoms with E-state index in [1.165, 1.54) is 18.2 Å². The van der Waals surface area contributed by atoms with Gasteiger partial charge in [0, 0.05) is 49.2 Å². The molecule has 0 spiro atoms. The zero-order valence-electron chi connectivity index (χ0n) is 13.2. The first-order valence-corrected chi connectivity index (χ1v) is 7.59. The van der Waals surface area contributed by atoms with Crippen molar-refractivity contribution in [3.63, 3.8) is 0 Å². The molecule has 0 aliphatic carbocycles. The fraction of sp³-hybridized carbons (Fsp3) is 0.188. The van der Waals surface area contributed by atoms with Gasteiger partial charge in [-0.2, -0.15) is 0 Å². The van der Waals surface area contributed by atoms with Crippen LogP contribution in [-0.4, -0.2) is 32.1 Å². The van der Waals surface area contributed by atoms with E-state index in [2.05, 4.69) is 15.5 Å². The highest BCUT2D eigenvalue weighted by molar-refractivity contribution is 5.93. The molecule has 2 heterocycles. The van der Waals surface area contributed by atoms with Crippen LogP contribution in [0.2, 0.25) is 0 Å². The maximum absolute atomic E-state index is 12.1. The number of carbonyl (C=O) groups excluding carboxylic acids is 1. The van der Waals surface area contributed by atoms with Gasteiger partial charge in [-0.1, -0.05) is 5.16 Å². The Hall–Kier alpha value is -3.49. The molecule has 25 heavy (non-hydrogen) atoms. The molecule has 1 aromatic carbocycles. The number of amides is 1. The van der Waals surface area contributed by atoms with Gasteiger partial charge in [0.1, 0.15) is 0 Å². The number of hydrogen-bond donors (Lipinski definition) is 1. The van der Waals surface area contributed by atoms with Gasteiger partial charge in [-0.3, -0.25) is 14.9 Å². The minimum atomic E-state index is -0.479. The number of rotatable bonds is 7. The summed E-state index contributed by atoms with van der Waals surface area (Å²) in [5, 5.41) is 17.2. The Morgan fingerprint density at radius 2 is 2.12 bits per heavy atom. The molecule has 128 valence electrons. The standard InChI is InChI=1S/C16H15N5O4/c22-16(18-6-1-8-20-9-7-17-11-20)14-10-15(25-19-14)12-2-4-13(5-3-12)21(23)24/h2-5,7,9-11H,1,6,8H2,(H,18,22). The lowest BCUT2D eigenvalue weighted by molar-refractivity contribution is -0.384. The van der Waals surface area contributed by atoms with Crippen LogP contribution in [0.3, 0.4) is 0 Å². The first kappa shape index (κ1) is 16.4. The molecule has 1 N–H and O–H groups in total. The van der Waals surface area contributed by atoms with Crippen molar-refractivity contribution in [2.24, 2.45) is 0 Å². The third-order valence-corrected chi connectivity index (χ3v) is 3.54. The van der Waals surface area contributed by atoms with Crippen molar-refractivity contribution >= 4 is 11.6 Å². The van der Waals surface area contributed by atoms with Gasteiger partial charge in [0.25, 0.3) is 11.6 Å².